The highest BCUT2D eigenvalue weighted by Crippen LogP contribution is 2.41. The van der Waals surface area contributed by atoms with Crippen molar-refractivity contribution in [1.29, 1.82) is 0 Å². The molecule has 2 aliphatic rings. The number of benzene rings is 1. The Labute approximate surface area is 199 Å². The van der Waals surface area contributed by atoms with Crippen LogP contribution in [0.1, 0.15) is 52.5 Å². The van der Waals surface area contributed by atoms with Gasteiger partial charge in [-0.25, -0.2) is 19.4 Å². The number of ether oxygens (including phenoxy) is 1. The van der Waals surface area contributed by atoms with E-state index < -0.39 is 40.6 Å². The summed E-state index contributed by atoms with van der Waals surface area (Å²) in [5.41, 5.74) is 5.14. The van der Waals surface area contributed by atoms with E-state index in [-0.39, 0.29) is 34.2 Å². The van der Waals surface area contributed by atoms with Gasteiger partial charge < -0.3 is 15.4 Å². The van der Waals surface area contributed by atoms with Crippen LogP contribution < -0.4 is 27.3 Å². The van der Waals surface area contributed by atoms with Crippen LogP contribution in [0.2, 0.25) is 5.02 Å². The second kappa shape index (κ2) is 8.61. The minimum atomic E-state index is -0.998. The van der Waals surface area contributed by atoms with Crippen LogP contribution >= 0.6 is 11.6 Å². The molecule has 10 nitrogen and oxygen atoms in total. The molecule has 12 heteroatoms. The van der Waals surface area contributed by atoms with Gasteiger partial charge in [-0.15, -0.1) is 0 Å². The molecule has 0 bridgehead atoms. The maximum absolute atomic E-state index is 15.3. The van der Waals surface area contributed by atoms with Crippen LogP contribution in [0.15, 0.2) is 15.7 Å². The van der Waals surface area contributed by atoms with E-state index in [1.54, 1.807) is 25.7 Å². The van der Waals surface area contributed by atoms with Crippen LogP contribution in [0, 0.1) is 11.7 Å². The number of nitrogens with one attached hydrogen (secondary N) is 1. The number of fused-ring (bicyclic) bond motifs is 1. The fourth-order valence-electron chi connectivity index (χ4n) is 4.27. The van der Waals surface area contributed by atoms with E-state index in [0.29, 0.717) is 36.9 Å². The maximum atomic E-state index is 15.3. The quantitative estimate of drug-likeness (QED) is 0.670. The summed E-state index contributed by atoms with van der Waals surface area (Å²) in [7, 11) is 0. The summed E-state index contributed by atoms with van der Waals surface area (Å²) in [6.45, 7) is 5.54. The van der Waals surface area contributed by atoms with Crippen LogP contribution in [0.25, 0.3) is 10.9 Å². The van der Waals surface area contributed by atoms with Crippen molar-refractivity contribution in [2.75, 3.05) is 23.4 Å². The highest BCUT2D eigenvalue weighted by Gasteiger charge is 2.34. The molecular weight excluding hydrogens is 469 g/mol. The zero-order valence-corrected chi connectivity index (χ0v) is 19.9. The van der Waals surface area contributed by atoms with Crippen LogP contribution in [-0.2, 0) is 9.53 Å². The Morgan fingerprint density at radius 1 is 1.24 bits per heavy atom. The number of hydrogen-bond donors (Lipinski definition) is 2. The monoisotopic (exact) mass is 495 g/mol. The number of halogens is 2. The predicted octanol–water partition coefficient (Wildman–Crippen LogP) is 2.47. The third-order valence-electron chi connectivity index (χ3n) is 5.89. The minimum Gasteiger partial charge on any atom is -0.443 e. The number of rotatable bonds is 4. The molecule has 1 aromatic carbocycles. The molecule has 34 heavy (non-hydrogen) atoms. The third-order valence-corrected chi connectivity index (χ3v) is 6.25. The summed E-state index contributed by atoms with van der Waals surface area (Å²) in [5, 5.41) is -0.247. The minimum absolute atomic E-state index is 0.0196. The molecular formula is C22H27ClFN5O5. The van der Waals surface area contributed by atoms with Gasteiger partial charge in [0.1, 0.15) is 11.4 Å². The Bertz CT molecular complexity index is 1290. The average Bonchev–Trinajstić information content (AvgIpc) is 3.56. The lowest BCUT2D eigenvalue weighted by molar-refractivity contribution is -0.122. The number of nitrogens with two attached hydrogens (primary N) is 1. The summed E-state index contributed by atoms with van der Waals surface area (Å²) in [6, 6.07) is 0.760. The Morgan fingerprint density at radius 2 is 1.91 bits per heavy atom. The summed E-state index contributed by atoms with van der Waals surface area (Å²) in [4.78, 5) is 52.0. The second-order valence-electron chi connectivity index (χ2n) is 9.74. The number of primary amides is 1. The van der Waals surface area contributed by atoms with Gasteiger partial charge in [0.05, 0.1) is 27.5 Å². The summed E-state index contributed by atoms with van der Waals surface area (Å²) >= 11 is 6.66. The molecule has 1 aliphatic carbocycles. The lowest BCUT2D eigenvalue weighted by atomic mass is 9.97. The number of aromatic nitrogens is 2. The Morgan fingerprint density at radius 3 is 2.50 bits per heavy atom. The smallest absolute Gasteiger partial charge is 0.427 e. The standard InChI is InChI=1S/C22H27ClFN5O5/c1-22(2,3)34-20(32)26-29-19(31)13-9-14(24)17(27-8-4-5-11(10-27)18(25)30)15(23)16(13)28(21(29)33)12-6-7-12/h9,11-12H,4-8,10H2,1-3H3,(H2,25,30)(H,26,32). The number of piperidine rings is 1. The first-order valence-corrected chi connectivity index (χ1v) is 11.5. The molecule has 1 aliphatic heterocycles. The first-order chi connectivity index (χ1) is 15.9. The molecule has 2 heterocycles. The highest BCUT2D eigenvalue weighted by atomic mass is 35.5. The van der Waals surface area contributed by atoms with Gasteiger partial charge in [-0.1, -0.05) is 11.6 Å². The van der Waals surface area contributed by atoms with E-state index in [4.69, 9.17) is 22.1 Å². The highest BCUT2D eigenvalue weighted by molar-refractivity contribution is 6.38. The first kappa shape index (κ1) is 24.1. The van der Waals surface area contributed by atoms with Gasteiger partial charge in [0.2, 0.25) is 5.91 Å². The summed E-state index contributed by atoms with van der Waals surface area (Å²) in [5.74, 6) is -1.71. The van der Waals surface area contributed by atoms with Crippen molar-refractivity contribution >= 4 is 40.2 Å². The first-order valence-electron chi connectivity index (χ1n) is 11.1. The van der Waals surface area contributed by atoms with E-state index in [0.717, 1.165) is 6.07 Å². The lowest BCUT2D eigenvalue weighted by Gasteiger charge is -2.34. The Hall–Kier alpha value is -3.08. The molecule has 1 saturated heterocycles. The van der Waals surface area contributed by atoms with Gasteiger partial charge >= 0.3 is 11.8 Å². The number of carbonyl (C=O) groups is 2. The largest absolute Gasteiger partial charge is 0.443 e. The maximum Gasteiger partial charge on any atom is 0.427 e. The molecule has 184 valence electrons. The Kier molecular flexibility index (Phi) is 6.09. The van der Waals surface area contributed by atoms with Gasteiger partial charge in [0.15, 0.2) is 0 Å². The number of amides is 2. The molecule has 1 unspecified atom stereocenters. The fraction of sp³-hybridized carbons (Fsp3) is 0.545. The van der Waals surface area contributed by atoms with Crippen molar-refractivity contribution in [2.24, 2.45) is 11.7 Å². The van der Waals surface area contributed by atoms with Crippen LogP contribution in [0.5, 0.6) is 0 Å². The Balaban J connectivity index is 1.88. The predicted molar refractivity (Wildman–Crippen MR) is 125 cm³/mol. The molecule has 1 aromatic heterocycles. The normalized spacial score (nSPS) is 18.7. The van der Waals surface area contributed by atoms with E-state index in [2.05, 4.69) is 5.43 Å². The van der Waals surface area contributed by atoms with Crippen molar-refractivity contribution < 1.29 is 18.7 Å². The van der Waals surface area contributed by atoms with Crippen molar-refractivity contribution in [1.82, 2.24) is 9.24 Å². The molecule has 2 aromatic rings. The molecule has 0 radical (unpaired) electrons. The molecule has 1 saturated carbocycles. The topological polar surface area (TPSA) is 129 Å². The van der Waals surface area contributed by atoms with Crippen molar-refractivity contribution in [3.05, 3.63) is 37.7 Å². The van der Waals surface area contributed by atoms with E-state index in [9.17, 15) is 19.2 Å². The van der Waals surface area contributed by atoms with Gasteiger partial charge in [0, 0.05) is 19.1 Å². The molecule has 3 N–H and O–H groups in total. The number of nitrogens with zero attached hydrogens (tertiary/aromatic N) is 3. The van der Waals surface area contributed by atoms with Crippen LogP contribution in [-0.4, -0.2) is 39.9 Å². The SMILES string of the molecule is CC(C)(C)OC(=O)Nn1c(=O)c2cc(F)c(N3CCCC(C(N)=O)C3)c(Cl)c2n(C2CC2)c1=O. The van der Waals surface area contributed by atoms with E-state index >= 15 is 4.39 Å². The zero-order chi connectivity index (χ0) is 24.9. The van der Waals surface area contributed by atoms with Gasteiger partial charge in [0.25, 0.3) is 5.56 Å². The van der Waals surface area contributed by atoms with Gasteiger partial charge in [-0.3, -0.25) is 14.2 Å². The number of hydrogen-bond acceptors (Lipinski definition) is 6. The van der Waals surface area contributed by atoms with Crippen molar-refractivity contribution in [3.8, 4) is 0 Å². The van der Waals surface area contributed by atoms with E-state index in [1.807, 2.05) is 0 Å². The van der Waals surface area contributed by atoms with Gasteiger partial charge in [-0.05, 0) is 52.5 Å². The average molecular weight is 496 g/mol. The second-order valence-corrected chi connectivity index (χ2v) is 10.1. The van der Waals surface area contributed by atoms with Crippen molar-refractivity contribution in [2.45, 2.75) is 58.1 Å². The molecule has 1 atom stereocenters. The molecule has 4 rings (SSSR count). The molecule has 2 amide bonds. The number of carbonyl (C=O) groups excluding carboxylic acids is 2. The van der Waals surface area contributed by atoms with E-state index in [1.165, 1.54) is 4.57 Å². The summed E-state index contributed by atoms with van der Waals surface area (Å²) in [6.07, 6.45) is 1.53. The van der Waals surface area contributed by atoms with Crippen LogP contribution in [0.4, 0.5) is 14.9 Å². The summed E-state index contributed by atoms with van der Waals surface area (Å²) < 4.78 is 22.3. The van der Waals surface area contributed by atoms with Crippen molar-refractivity contribution in [3.63, 3.8) is 0 Å². The molecule has 2 fully saturated rings. The van der Waals surface area contributed by atoms with Gasteiger partial charge in [-0.2, -0.15) is 4.68 Å². The van der Waals surface area contributed by atoms with Crippen LogP contribution in [0.3, 0.4) is 0 Å². The molecule has 0 spiro atoms. The third kappa shape index (κ3) is 4.48. The zero-order valence-electron chi connectivity index (χ0n) is 19.2. The number of anilines is 1. The fourth-order valence-corrected chi connectivity index (χ4v) is 4.68. The lowest BCUT2D eigenvalue weighted by Crippen LogP contribution is -2.48.